The zero-order chi connectivity index (χ0) is 21.7. The summed E-state index contributed by atoms with van der Waals surface area (Å²) in [4.78, 5) is 15.5. The van der Waals surface area contributed by atoms with E-state index in [9.17, 15) is 22.4 Å². The van der Waals surface area contributed by atoms with Gasteiger partial charge in [-0.2, -0.15) is 13.2 Å². The number of carboxylic acids is 1. The van der Waals surface area contributed by atoms with Crippen molar-refractivity contribution in [2.45, 2.75) is 30.9 Å². The molecule has 1 aliphatic rings. The van der Waals surface area contributed by atoms with E-state index in [-0.39, 0.29) is 26.7 Å². The molecule has 0 spiro atoms. The molecule has 1 N–H and O–H groups in total. The van der Waals surface area contributed by atoms with Gasteiger partial charge in [-0.15, -0.1) is 4.48 Å². The van der Waals surface area contributed by atoms with Crippen LogP contribution >= 0.6 is 23.2 Å². The van der Waals surface area contributed by atoms with E-state index in [1.807, 2.05) is 0 Å². The Hall–Kier alpha value is -1.94. The Bertz CT molecular complexity index is 951. The van der Waals surface area contributed by atoms with Gasteiger partial charge < -0.3 is 5.11 Å². The van der Waals surface area contributed by atoms with Crippen LogP contribution in [0.1, 0.15) is 33.1 Å². The summed E-state index contributed by atoms with van der Waals surface area (Å²) < 4.78 is 71.9. The first-order chi connectivity index (χ1) is 13.4. The summed E-state index contributed by atoms with van der Waals surface area (Å²) >= 11 is 11.5. The van der Waals surface area contributed by atoms with Crippen molar-refractivity contribution in [2.75, 3.05) is 0 Å². The van der Waals surface area contributed by atoms with Gasteiger partial charge in [-0.25, -0.2) is 14.0 Å². The molecule has 2 aromatic carbocycles. The van der Waals surface area contributed by atoms with Gasteiger partial charge in [-0.3, -0.25) is 0 Å². The van der Waals surface area contributed by atoms with Gasteiger partial charge in [0.2, 0.25) is 5.60 Å². The van der Waals surface area contributed by atoms with E-state index in [4.69, 9.17) is 28.3 Å². The maximum atomic E-state index is 15.4. The van der Waals surface area contributed by atoms with Crippen molar-refractivity contribution < 1.29 is 36.8 Å². The van der Waals surface area contributed by atoms with Crippen molar-refractivity contribution in [1.82, 2.24) is 5.29 Å². The fraction of sp³-hybridized carbons (Fsp3) is 0.278. The van der Waals surface area contributed by atoms with Crippen LogP contribution in [0, 0.1) is 6.92 Å². The fourth-order valence-corrected chi connectivity index (χ4v) is 3.84. The molecular weight excluding hydrogens is 444 g/mol. The molecule has 0 aromatic heterocycles. The summed E-state index contributed by atoms with van der Waals surface area (Å²) in [6.45, 7) is 1.35. The number of halogens is 7. The van der Waals surface area contributed by atoms with E-state index in [0.29, 0.717) is 0 Å². The van der Waals surface area contributed by atoms with Crippen molar-refractivity contribution in [1.29, 1.82) is 0 Å². The molecule has 0 bridgehead atoms. The van der Waals surface area contributed by atoms with Crippen LogP contribution in [0.3, 0.4) is 0 Å². The Labute approximate surface area is 171 Å². The van der Waals surface area contributed by atoms with Crippen LogP contribution in [0.25, 0.3) is 0 Å². The van der Waals surface area contributed by atoms with Gasteiger partial charge in [0.05, 0.1) is 5.56 Å². The Morgan fingerprint density at radius 2 is 1.76 bits per heavy atom. The number of hydrogen-bond donors (Lipinski definition) is 1. The van der Waals surface area contributed by atoms with E-state index in [0.717, 1.165) is 36.4 Å². The predicted octanol–water partition coefficient (Wildman–Crippen LogP) is 5.97. The molecule has 1 fully saturated rings. The number of aromatic carboxylic acids is 1. The second kappa shape index (κ2) is 7.39. The quantitative estimate of drug-likeness (QED) is 0.457. The first-order valence-corrected chi connectivity index (χ1v) is 8.79. The maximum Gasteiger partial charge on any atom is 0.426 e. The minimum absolute atomic E-state index is 0.117. The van der Waals surface area contributed by atoms with Crippen LogP contribution in [-0.2, 0) is 10.4 Å². The molecule has 0 aliphatic carbocycles. The molecule has 0 radical (unpaired) electrons. The van der Waals surface area contributed by atoms with E-state index in [1.165, 1.54) is 6.92 Å². The van der Waals surface area contributed by atoms with Gasteiger partial charge in [0.1, 0.15) is 6.04 Å². The molecule has 1 aliphatic heterocycles. The molecule has 0 amide bonds. The number of carbonyl (C=O) groups is 1. The number of hydrogen-bond acceptors (Lipinski definition) is 3. The Morgan fingerprint density at radius 1 is 1.17 bits per heavy atom. The zero-order valence-corrected chi connectivity index (χ0v) is 16.0. The molecule has 2 aromatic rings. The summed E-state index contributed by atoms with van der Waals surface area (Å²) in [6, 6.07) is 3.78. The third-order valence-electron chi connectivity index (χ3n) is 4.65. The van der Waals surface area contributed by atoms with E-state index in [2.05, 4.69) is 4.84 Å². The van der Waals surface area contributed by atoms with E-state index < -0.39 is 40.8 Å². The minimum atomic E-state index is -5.38. The lowest BCUT2D eigenvalue weighted by Crippen LogP contribution is -2.49. The maximum absolute atomic E-state index is 15.4. The highest BCUT2D eigenvalue weighted by molar-refractivity contribution is 6.34. The molecule has 11 heteroatoms. The van der Waals surface area contributed by atoms with Gasteiger partial charge in [-0.05, 0) is 47.6 Å². The number of rotatable bonds is 3. The summed E-state index contributed by atoms with van der Waals surface area (Å²) in [7, 11) is 0. The molecule has 1 heterocycles. The molecular formula is C18H12Cl2F5NO3. The molecule has 3 rings (SSSR count). The topological polar surface area (TPSA) is 49.8 Å². The molecule has 0 saturated carbocycles. The third kappa shape index (κ3) is 3.56. The number of nitrogens with zero attached hydrogens (tertiary/aromatic N) is 1. The van der Waals surface area contributed by atoms with Gasteiger partial charge in [0.25, 0.3) is 0 Å². The van der Waals surface area contributed by atoms with Gasteiger partial charge in [-0.1, -0.05) is 35.3 Å². The van der Waals surface area contributed by atoms with Gasteiger partial charge >= 0.3 is 12.1 Å². The lowest BCUT2D eigenvalue weighted by atomic mass is 9.83. The predicted molar refractivity (Wildman–Crippen MR) is 94.0 cm³/mol. The van der Waals surface area contributed by atoms with Crippen molar-refractivity contribution >= 4 is 29.2 Å². The average molecular weight is 456 g/mol. The van der Waals surface area contributed by atoms with Crippen molar-refractivity contribution in [2.24, 2.45) is 0 Å². The second-order valence-corrected chi connectivity index (χ2v) is 7.35. The summed E-state index contributed by atoms with van der Waals surface area (Å²) in [5, 5.41) is 7.90. The smallest absolute Gasteiger partial charge is 0.426 e. The Morgan fingerprint density at radius 3 is 2.24 bits per heavy atom. The van der Waals surface area contributed by atoms with Crippen molar-refractivity contribution in [3.05, 3.63) is 68.7 Å². The van der Waals surface area contributed by atoms with Gasteiger partial charge in [0, 0.05) is 15.6 Å². The molecule has 3 unspecified atom stereocenters. The number of benzene rings is 2. The zero-order valence-electron chi connectivity index (χ0n) is 14.5. The highest BCUT2D eigenvalue weighted by Crippen LogP contribution is 2.57. The number of hydroxylamine groups is 1. The number of carboxylic acid groups (broad SMARTS) is 1. The minimum Gasteiger partial charge on any atom is -0.478 e. The van der Waals surface area contributed by atoms with Gasteiger partial charge in [0.15, 0.2) is 6.17 Å². The molecule has 3 atom stereocenters. The number of alkyl halides is 4. The molecule has 1 saturated heterocycles. The number of aryl methyl sites for hydroxylation is 1. The van der Waals surface area contributed by atoms with E-state index in [1.54, 1.807) is 0 Å². The summed E-state index contributed by atoms with van der Waals surface area (Å²) in [6.07, 6.45) is -8.34. The molecule has 29 heavy (non-hydrogen) atoms. The first-order valence-electron chi connectivity index (χ1n) is 8.04. The van der Waals surface area contributed by atoms with Crippen LogP contribution < -0.4 is 0 Å². The monoisotopic (exact) mass is 455 g/mol. The summed E-state index contributed by atoms with van der Waals surface area (Å²) in [5.41, 5.74) is -4.79. The Balaban J connectivity index is 2.15. The SMILES string of the molecule is Cc1cc(C2C(F)C(c3cc(Cl)cc(Cl)c3)(C(F)(F)F)ON2F)ccc1C(=O)O. The normalized spacial score (nSPS) is 25.4. The molecule has 4 nitrogen and oxygen atoms in total. The van der Waals surface area contributed by atoms with E-state index >= 15 is 4.39 Å². The average Bonchev–Trinajstić information content (AvgIpc) is 2.85. The van der Waals surface area contributed by atoms with Crippen LogP contribution in [0.4, 0.5) is 22.0 Å². The largest absolute Gasteiger partial charge is 0.478 e. The Kier molecular flexibility index (Phi) is 5.55. The standard InChI is InChI=1S/C18H12Cl2F5NO3/c1-8-4-9(2-3-13(8)16(27)28)14-15(21)17(18(22,23)24,29-26(14)25)10-5-11(19)7-12(20)6-10/h2-7,14-15H,1H3,(H,27,28). The molecule has 156 valence electrons. The third-order valence-corrected chi connectivity index (χ3v) is 5.09. The highest BCUT2D eigenvalue weighted by atomic mass is 35.5. The first kappa shape index (κ1) is 21.8. The highest BCUT2D eigenvalue weighted by Gasteiger charge is 2.71. The van der Waals surface area contributed by atoms with Crippen molar-refractivity contribution in [3.8, 4) is 0 Å². The summed E-state index contributed by atoms with van der Waals surface area (Å²) in [5.74, 6) is -1.29. The van der Waals surface area contributed by atoms with Crippen LogP contribution in [0.5, 0.6) is 0 Å². The lowest BCUT2D eigenvalue weighted by molar-refractivity contribution is -0.379. The van der Waals surface area contributed by atoms with Crippen LogP contribution in [-0.4, -0.2) is 28.7 Å². The van der Waals surface area contributed by atoms with Crippen LogP contribution in [0.2, 0.25) is 10.0 Å². The fourth-order valence-electron chi connectivity index (χ4n) is 3.32. The van der Waals surface area contributed by atoms with Crippen molar-refractivity contribution in [3.63, 3.8) is 0 Å². The second-order valence-electron chi connectivity index (χ2n) is 6.48. The lowest BCUT2D eigenvalue weighted by Gasteiger charge is -2.32. The van der Waals surface area contributed by atoms with Crippen LogP contribution in [0.15, 0.2) is 36.4 Å².